The summed E-state index contributed by atoms with van der Waals surface area (Å²) in [6.45, 7) is 1.30. The van der Waals surface area contributed by atoms with Crippen molar-refractivity contribution < 1.29 is 23.9 Å². The SMILES string of the molecule is CC(=O)Oc1ccc(C(=O)[C@@H]2[C@H](C(=O)c3ccncc3)[C@]3(C(=O)Nc4ccccc43)[C@H]3C=Cc4ccccc4N23)cc1. The van der Waals surface area contributed by atoms with E-state index in [2.05, 4.69) is 10.3 Å². The number of amides is 1. The van der Waals surface area contributed by atoms with Crippen LogP contribution >= 0.6 is 0 Å². The standard InChI is InChI=1S/C34H25N3O5/c1-20(38)42-24-13-10-22(11-14-24)32(40)30-29(31(39)23-16-18-35-19-17-23)34(25-7-3-4-8-26(25)36-33(34)41)28-15-12-21-6-2-5-9-27(21)37(28)30/h2-19,28-30H,1H3,(H,36,41)/t28-,29-,30+,34-/m1/s1. The first kappa shape index (κ1) is 25.6. The summed E-state index contributed by atoms with van der Waals surface area (Å²) in [5, 5.41) is 3.02. The normalized spacial score (nSPS) is 23.1. The molecule has 0 bridgehead atoms. The number of carbonyl (C=O) groups is 4. The Morgan fingerprint density at radius 2 is 1.55 bits per heavy atom. The number of fused-ring (bicyclic) bond motifs is 6. The van der Waals surface area contributed by atoms with Crippen LogP contribution in [0.2, 0.25) is 0 Å². The van der Waals surface area contributed by atoms with Crippen molar-refractivity contribution in [1.29, 1.82) is 0 Å². The summed E-state index contributed by atoms with van der Waals surface area (Å²) < 4.78 is 5.17. The van der Waals surface area contributed by atoms with Crippen molar-refractivity contribution in [2.75, 3.05) is 10.2 Å². The van der Waals surface area contributed by atoms with Gasteiger partial charge in [0, 0.05) is 41.8 Å². The van der Waals surface area contributed by atoms with E-state index in [1.165, 1.54) is 19.3 Å². The topological polar surface area (TPSA) is 106 Å². The van der Waals surface area contributed by atoms with Crippen molar-refractivity contribution in [2.24, 2.45) is 5.92 Å². The first-order valence-corrected chi connectivity index (χ1v) is 13.6. The lowest BCUT2D eigenvalue weighted by atomic mass is 9.64. The maximum Gasteiger partial charge on any atom is 0.308 e. The minimum atomic E-state index is -1.39. The number of aromatic nitrogens is 1. The van der Waals surface area contributed by atoms with Gasteiger partial charge in [0.15, 0.2) is 11.6 Å². The van der Waals surface area contributed by atoms with Crippen molar-refractivity contribution in [3.05, 3.63) is 126 Å². The predicted octanol–water partition coefficient (Wildman–Crippen LogP) is 4.86. The molecule has 1 spiro atoms. The summed E-state index contributed by atoms with van der Waals surface area (Å²) in [6, 6.07) is 22.9. The van der Waals surface area contributed by atoms with E-state index in [1.54, 1.807) is 36.4 Å². The van der Waals surface area contributed by atoms with Gasteiger partial charge in [-0.3, -0.25) is 24.2 Å². The second-order valence-electron chi connectivity index (χ2n) is 10.6. The second-order valence-corrected chi connectivity index (χ2v) is 10.6. The van der Waals surface area contributed by atoms with E-state index in [9.17, 15) is 19.2 Å². The molecule has 4 atom stereocenters. The number of ether oxygens (including phenoxy) is 1. The number of para-hydroxylation sites is 2. The summed E-state index contributed by atoms with van der Waals surface area (Å²) in [5.74, 6) is -2.21. The fraction of sp³-hybridized carbons (Fsp3) is 0.147. The summed E-state index contributed by atoms with van der Waals surface area (Å²) in [7, 11) is 0. The number of nitrogens with one attached hydrogen (secondary N) is 1. The van der Waals surface area contributed by atoms with Crippen LogP contribution in [0.3, 0.4) is 0 Å². The van der Waals surface area contributed by atoms with Crippen molar-refractivity contribution in [1.82, 2.24) is 4.98 Å². The molecular weight excluding hydrogens is 530 g/mol. The molecule has 0 saturated carbocycles. The lowest BCUT2D eigenvalue weighted by Gasteiger charge is -2.37. The highest BCUT2D eigenvalue weighted by molar-refractivity contribution is 6.18. The average Bonchev–Trinajstić information content (AvgIpc) is 3.49. The Kier molecular flexibility index (Phi) is 5.86. The van der Waals surface area contributed by atoms with Crippen LogP contribution in [0.5, 0.6) is 5.75 Å². The van der Waals surface area contributed by atoms with Gasteiger partial charge in [-0.1, -0.05) is 48.6 Å². The minimum Gasteiger partial charge on any atom is -0.427 e. The number of hydrogen-bond acceptors (Lipinski definition) is 7. The lowest BCUT2D eigenvalue weighted by molar-refractivity contribution is -0.131. The van der Waals surface area contributed by atoms with E-state index in [1.807, 2.05) is 65.6 Å². The molecule has 0 aliphatic carbocycles. The van der Waals surface area contributed by atoms with Gasteiger partial charge < -0.3 is 15.0 Å². The molecule has 8 nitrogen and oxygen atoms in total. The van der Waals surface area contributed by atoms with Gasteiger partial charge in [0.25, 0.3) is 0 Å². The summed E-state index contributed by atoms with van der Waals surface area (Å²) in [5.41, 5.74) is 2.27. The Morgan fingerprint density at radius 3 is 2.31 bits per heavy atom. The molecule has 7 rings (SSSR count). The third-order valence-corrected chi connectivity index (χ3v) is 8.46. The number of hydrogen-bond donors (Lipinski definition) is 1. The lowest BCUT2D eigenvalue weighted by Crippen LogP contribution is -2.51. The monoisotopic (exact) mass is 555 g/mol. The maximum absolute atomic E-state index is 14.7. The first-order chi connectivity index (χ1) is 20.4. The van der Waals surface area contributed by atoms with Crippen molar-refractivity contribution in [3.63, 3.8) is 0 Å². The largest absolute Gasteiger partial charge is 0.427 e. The third kappa shape index (κ3) is 3.65. The predicted molar refractivity (Wildman–Crippen MR) is 156 cm³/mol. The summed E-state index contributed by atoms with van der Waals surface area (Å²) in [4.78, 5) is 61.2. The van der Waals surface area contributed by atoms with Gasteiger partial charge in [0.2, 0.25) is 5.91 Å². The third-order valence-electron chi connectivity index (χ3n) is 8.46. The average molecular weight is 556 g/mol. The Bertz CT molecular complexity index is 1800. The molecule has 3 aliphatic heterocycles. The number of Topliss-reactive ketones (excluding diaryl/α,β-unsaturated/α-hetero) is 2. The molecule has 206 valence electrons. The van der Waals surface area contributed by atoms with Crippen molar-refractivity contribution in [3.8, 4) is 5.75 Å². The molecule has 1 N–H and O–H groups in total. The maximum atomic E-state index is 14.7. The van der Waals surface area contributed by atoms with E-state index in [4.69, 9.17) is 4.74 Å². The minimum absolute atomic E-state index is 0.305. The highest BCUT2D eigenvalue weighted by Gasteiger charge is 2.70. The molecule has 1 saturated heterocycles. The number of nitrogens with zero attached hydrogens (tertiary/aromatic N) is 2. The number of pyridine rings is 1. The van der Waals surface area contributed by atoms with Gasteiger partial charge >= 0.3 is 5.97 Å². The molecule has 1 fully saturated rings. The van der Waals surface area contributed by atoms with E-state index in [-0.39, 0.29) is 17.5 Å². The van der Waals surface area contributed by atoms with Crippen LogP contribution in [0.25, 0.3) is 6.08 Å². The Hall–Kier alpha value is -5.37. The van der Waals surface area contributed by atoms with Crippen LogP contribution < -0.4 is 15.0 Å². The van der Waals surface area contributed by atoms with Crippen LogP contribution in [0, 0.1) is 5.92 Å². The van der Waals surface area contributed by atoms with Gasteiger partial charge in [0.05, 0.1) is 12.0 Å². The molecule has 1 aromatic heterocycles. The fourth-order valence-corrected chi connectivity index (χ4v) is 6.84. The van der Waals surface area contributed by atoms with Gasteiger partial charge in [-0.25, -0.2) is 0 Å². The molecule has 3 aromatic carbocycles. The van der Waals surface area contributed by atoms with Crippen LogP contribution in [-0.2, 0) is 15.0 Å². The van der Waals surface area contributed by atoms with E-state index >= 15 is 0 Å². The van der Waals surface area contributed by atoms with Crippen LogP contribution in [0.1, 0.15) is 38.8 Å². The zero-order valence-electron chi connectivity index (χ0n) is 22.6. The number of ketones is 2. The van der Waals surface area contributed by atoms with Gasteiger partial charge in [-0.2, -0.15) is 0 Å². The first-order valence-electron chi connectivity index (χ1n) is 13.6. The van der Waals surface area contributed by atoms with Gasteiger partial charge in [-0.15, -0.1) is 0 Å². The molecule has 4 aromatic rings. The van der Waals surface area contributed by atoms with E-state index in [0.717, 1.165) is 11.3 Å². The molecule has 4 heterocycles. The molecule has 3 aliphatic rings. The smallest absolute Gasteiger partial charge is 0.308 e. The zero-order chi connectivity index (χ0) is 29.0. The van der Waals surface area contributed by atoms with Gasteiger partial charge in [0.1, 0.15) is 17.2 Å². The van der Waals surface area contributed by atoms with Crippen molar-refractivity contribution in [2.45, 2.75) is 24.4 Å². The molecule has 0 radical (unpaired) electrons. The molecule has 8 heteroatoms. The molecule has 42 heavy (non-hydrogen) atoms. The number of benzene rings is 3. The quantitative estimate of drug-likeness (QED) is 0.213. The summed E-state index contributed by atoms with van der Waals surface area (Å²) >= 11 is 0. The molecular formula is C34H25N3O5. The zero-order valence-corrected chi connectivity index (χ0v) is 22.6. The highest BCUT2D eigenvalue weighted by Crippen LogP contribution is 2.58. The number of rotatable bonds is 5. The van der Waals surface area contributed by atoms with E-state index in [0.29, 0.717) is 28.1 Å². The van der Waals surface area contributed by atoms with Crippen LogP contribution in [0.4, 0.5) is 11.4 Å². The Morgan fingerprint density at radius 1 is 0.857 bits per heavy atom. The Balaban J connectivity index is 1.48. The van der Waals surface area contributed by atoms with Crippen LogP contribution in [0.15, 0.2) is 103 Å². The Labute approximate surface area is 241 Å². The number of carbonyl (C=O) groups excluding carboxylic acids is 4. The molecule has 1 amide bonds. The van der Waals surface area contributed by atoms with Crippen molar-refractivity contribution >= 4 is 40.9 Å². The second kappa shape index (κ2) is 9.62. The fourth-order valence-electron chi connectivity index (χ4n) is 6.84. The van der Waals surface area contributed by atoms with Crippen LogP contribution in [-0.4, -0.2) is 40.5 Å². The number of esters is 1. The molecule has 0 unspecified atom stereocenters. The summed E-state index contributed by atoms with van der Waals surface area (Å²) in [6.07, 6.45) is 6.96. The number of anilines is 2. The highest BCUT2D eigenvalue weighted by atomic mass is 16.5. The van der Waals surface area contributed by atoms with E-state index < -0.39 is 29.4 Å². The van der Waals surface area contributed by atoms with Gasteiger partial charge in [-0.05, 0) is 59.7 Å².